The van der Waals surface area contributed by atoms with Gasteiger partial charge in [-0.2, -0.15) is 0 Å². The SMILES string of the molecule is CN[C@H](COc1ccc(F)cc1)C(=O)OC. The van der Waals surface area contributed by atoms with Crippen molar-refractivity contribution in [1.82, 2.24) is 5.32 Å². The first-order valence-electron chi connectivity index (χ1n) is 4.81. The summed E-state index contributed by atoms with van der Waals surface area (Å²) in [6, 6.07) is 5.05. The molecule has 0 bridgehead atoms. The summed E-state index contributed by atoms with van der Waals surface area (Å²) in [4.78, 5) is 11.2. The molecule has 1 aromatic carbocycles. The molecule has 0 spiro atoms. The number of carbonyl (C=O) groups excluding carboxylic acids is 1. The summed E-state index contributed by atoms with van der Waals surface area (Å²) in [5, 5.41) is 2.76. The number of hydrogen-bond acceptors (Lipinski definition) is 4. The summed E-state index contributed by atoms with van der Waals surface area (Å²) in [7, 11) is 2.94. The Morgan fingerprint density at radius 2 is 2.06 bits per heavy atom. The van der Waals surface area contributed by atoms with Crippen LogP contribution < -0.4 is 10.1 Å². The molecule has 1 aromatic rings. The minimum absolute atomic E-state index is 0.134. The van der Waals surface area contributed by atoms with Gasteiger partial charge in [-0.3, -0.25) is 4.79 Å². The van der Waals surface area contributed by atoms with Crippen LogP contribution in [0.3, 0.4) is 0 Å². The Balaban J connectivity index is 2.49. The highest BCUT2D eigenvalue weighted by molar-refractivity contribution is 5.75. The van der Waals surface area contributed by atoms with Crippen LogP contribution in [0.5, 0.6) is 5.75 Å². The molecule has 0 aliphatic carbocycles. The molecule has 0 fully saturated rings. The van der Waals surface area contributed by atoms with Crippen molar-refractivity contribution < 1.29 is 18.7 Å². The van der Waals surface area contributed by atoms with E-state index in [1.807, 2.05) is 0 Å². The molecule has 0 amide bonds. The average molecular weight is 227 g/mol. The van der Waals surface area contributed by atoms with E-state index < -0.39 is 12.0 Å². The van der Waals surface area contributed by atoms with Gasteiger partial charge in [-0.25, -0.2) is 4.39 Å². The summed E-state index contributed by atoms with van der Waals surface area (Å²) in [5.41, 5.74) is 0. The quantitative estimate of drug-likeness (QED) is 0.761. The van der Waals surface area contributed by atoms with Crippen LogP contribution in [0.4, 0.5) is 4.39 Å². The van der Waals surface area contributed by atoms with Crippen molar-refractivity contribution >= 4 is 5.97 Å². The summed E-state index contributed by atoms with van der Waals surface area (Å²) in [6.07, 6.45) is 0. The fraction of sp³-hybridized carbons (Fsp3) is 0.364. The van der Waals surface area contributed by atoms with Gasteiger partial charge in [0.05, 0.1) is 7.11 Å². The fourth-order valence-electron chi connectivity index (χ4n) is 1.12. The highest BCUT2D eigenvalue weighted by atomic mass is 19.1. The van der Waals surface area contributed by atoms with Crippen LogP contribution in [0.2, 0.25) is 0 Å². The molecule has 5 heteroatoms. The summed E-state index contributed by atoms with van der Waals surface area (Å²) in [6.45, 7) is 0.134. The minimum Gasteiger partial charge on any atom is -0.491 e. The van der Waals surface area contributed by atoms with E-state index in [0.717, 1.165) is 0 Å². The molecule has 0 aliphatic heterocycles. The van der Waals surface area contributed by atoms with Crippen LogP contribution in [-0.2, 0) is 9.53 Å². The van der Waals surface area contributed by atoms with E-state index in [2.05, 4.69) is 10.1 Å². The lowest BCUT2D eigenvalue weighted by Gasteiger charge is -2.14. The third kappa shape index (κ3) is 3.51. The first-order chi connectivity index (χ1) is 7.67. The summed E-state index contributed by atoms with van der Waals surface area (Å²) in [5.74, 6) is -0.222. The van der Waals surface area contributed by atoms with E-state index >= 15 is 0 Å². The van der Waals surface area contributed by atoms with Gasteiger partial charge in [-0.15, -0.1) is 0 Å². The maximum absolute atomic E-state index is 12.6. The van der Waals surface area contributed by atoms with Gasteiger partial charge >= 0.3 is 5.97 Å². The topological polar surface area (TPSA) is 47.6 Å². The zero-order valence-corrected chi connectivity index (χ0v) is 9.20. The molecule has 1 atom stereocenters. The first kappa shape index (κ1) is 12.4. The second-order valence-corrected chi connectivity index (χ2v) is 3.13. The summed E-state index contributed by atoms with van der Waals surface area (Å²) >= 11 is 0. The van der Waals surface area contributed by atoms with Crippen LogP contribution in [0.1, 0.15) is 0 Å². The molecule has 4 nitrogen and oxygen atoms in total. The highest BCUT2D eigenvalue weighted by Crippen LogP contribution is 2.11. The maximum atomic E-state index is 12.6. The van der Waals surface area contributed by atoms with Gasteiger partial charge in [-0.1, -0.05) is 0 Å². The molecule has 1 N–H and O–H groups in total. The number of esters is 1. The van der Waals surface area contributed by atoms with Crippen molar-refractivity contribution in [3.63, 3.8) is 0 Å². The molecule has 0 heterocycles. The Morgan fingerprint density at radius 3 is 2.56 bits per heavy atom. The van der Waals surface area contributed by atoms with Gasteiger partial charge in [0.2, 0.25) is 0 Å². The van der Waals surface area contributed by atoms with E-state index in [9.17, 15) is 9.18 Å². The van der Waals surface area contributed by atoms with Crippen LogP contribution >= 0.6 is 0 Å². The van der Waals surface area contributed by atoms with Gasteiger partial charge < -0.3 is 14.8 Å². The Hall–Kier alpha value is -1.62. The van der Waals surface area contributed by atoms with Crippen molar-refractivity contribution in [2.75, 3.05) is 20.8 Å². The van der Waals surface area contributed by atoms with Gasteiger partial charge in [0.1, 0.15) is 24.2 Å². The Labute approximate surface area is 93.4 Å². The predicted molar refractivity (Wildman–Crippen MR) is 56.8 cm³/mol. The number of rotatable bonds is 5. The second-order valence-electron chi connectivity index (χ2n) is 3.13. The van der Waals surface area contributed by atoms with E-state index in [4.69, 9.17) is 4.74 Å². The van der Waals surface area contributed by atoms with Crippen LogP contribution in [0.15, 0.2) is 24.3 Å². The molecule has 0 saturated heterocycles. The van der Waals surface area contributed by atoms with Crippen molar-refractivity contribution in [2.45, 2.75) is 6.04 Å². The van der Waals surface area contributed by atoms with Crippen molar-refractivity contribution in [3.8, 4) is 5.75 Å². The van der Waals surface area contributed by atoms with Crippen LogP contribution in [0.25, 0.3) is 0 Å². The van der Waals surface area contributed by atoms with Gasteiger partial charge in [0.25, 0.3) is 0 Å². The molecular formula is C11H14FNO3. The number of benzene rings is 1. The molecule has 88 valence electrons. The Morgan fingerprint density at radius 1 is 1.44 bits per heavy atom. The van der Waals surface area contributed by atoms with Crippen molar-refractivity contribution in [2.24, 2.45) is 0 Å². The smallest absolute Gasteiger partial charge is 0.326 e. The molecule has 0 radical (unpaired) electrons. The predicted octanol–water partition coefficient (Wildman–Crippen LogP) is 0.965. The normalized spacial score (nSPS) is 11.9. The maximum Gasteiger partial charge on any atom is 0.326 e. The van der Waals surface area contributed by atoms with E-state index in [1.165, 1.54) is 31.4 Å². The van der Waals surface area contributed by atoms with Crippen molar-refractivity contribution in [1.29, 1.82) is 0 Å². The highest BCUT2D eigenvalue weighted by Gasteiger charge is 2.17. The Bertz CT molecular complexity index is 340. The lowest BCUT2D eigenvalue weighted by Crippen LogP contribution is -2.40. The Kier molecular flexibility index (Phi) is 4.72. The number of hydrogen-bond donors (Lipinski definition) is 1. The first-order valence-corrected chi connectivity index (χ1v) is 4.81. The van der Waals surface area contributed by atoms with Gasteiger partial charge in [-0.05, 0) is 31.3 Å². The number of halogens is 1. The average Bonchev–Trinajstić information content (AvgIpc) is 2.31. The van der Waals surface area contributed by atoms with Crippen LogP contribution in [-0.4, -0.2) is 32.8 Å². The standard InChI is InChI=1S/C11H14FNO3/c1-13-10(11(14)15-2)7-16-9-5-3-8(12)4-6-9/h3-6,10,13H,7H2,1-2H3/t10-/m1/s1. The monoisotopic (exact) mass is 227 g/mol. The molecule has 0 aliphatic rings. The lowest BCUT2D eigenvalue weighted by atomic mass is 10.3. The summed E-state index contributed by atoms with van der Waals surface area (Å²) < 4.78 is 22.5. The third-order valence-corrected chi connectivity index (χ3v) is 2.06. The van der Waals surface area contributed by atoms with Gasteiger partial charge in [0, 0.05) is 0 Å². The van der Waals surface area contributed by atoms with Crippen molar-refractivity contribution in [3.05, 3.63) is 30.1 Å². The van der Waals surface area contributed by atoms with Crippen LogP contribution in [0, 0.1) is 5.82 Å². The number of methoxy groups -OCH3 is 1. The van der Waals surface area contributed by atoms with Gasteiger partial charge in [0.15, 0.2) is 0 Å². The zero-order valence-electron chi connectivity index (χ0n) is 9.20. The van der Waals surface area contributed by atoms with E-state index in [-0.39, 0.29) is 12.4 Å². The molecule has 0 saturated carbocycles. The minimum atomic E-state index is -0.532. The number of ether oxygens (including phenoxy) is 2. The molecule has 16 heavy (non-hydrogen) atoms. The number of nitrogens with one attached hydrogen (secondary N) is 1. The lowest BCUT2D eigenvalue weighted by molar-refractivity contribution is -0.143. The number of carbonyl (C=O) groups is 1. The largest absolute Gasteiger partial charge is 0.491 e. The molecule has 0 aromatic heterocycles. The fourth-order valence-corrected chi connectivity index (χ4v) is 1.12. The zero-order chi connectivity index (χ0) is 12.0. The van der Waals surface area contributed by atoms with E-state index in [0.29, 0.717) is 5.75 Å². The molecule has 1 rings (SSSR count). The number of likely N-dealkylation sites (N-methyl/N-ethyl adjacent to an activating group) is 1. The van der Waals surface area contributed by atoms with E-state index in [1.54, 1.807) is 7.05 Å². The third-order valence-electron chi connectivity index (χ3n) is 2.06. The molecule has 0 unspecified atom stereocenters. The second kappa shape index (κ2) is 6.07. The molecular weight excluding hydrogens is 213 g/mol.